The zero-order valence-corrected chi connectivity index (χ0v) is 12.3. The maximum atomic E-state index is 11.0. The van der Waals surface area contributed by atoms with Gasteiger partial charge >= 0.3 is 5.97 Å². The van der Waals surface area contributed by atoms with Crippen LogP contribution in [-0.2, 0) is 9.47 Å². The molecule has 2 N–H and O–H groups in total. The molecule has 0 bridgehead atoms. The van der Waals surface area contributed by atoms with Crippen molar-refractivity contribution < 1.29 is 19.4 Å². The average Bonchev–Trinajstić information content (AvgIpc) is 2.61. The fraction of sp³-hybridized carbons (Fsp3) is 0.333. The van der Waals surface area contributed by atoms with Crippen molar-refractivity contribution in [3.8, 4) is 11.4 Å². The summed E-state index contributed by atoms with van der Waals surface area (Å²) in [7, 11) is 0. The van der Waals surface area contributed by atoms with E-state index in [0.717, 1.165) is 0 Å². The van der Waals surface area contributed by atoms with Gasteiger partial charge in [0.15, 0.2) is 0 Å². The third-order valence-corrected chi connectivity index (χ3v) is 3.30. The number of nitrogens with one attached hydrogen (secondary N) is 1. The van der Waals surface area contributed by atoms with Crippen molar-refractivity contribution >= 4 is 11.9 Å². The van der Waals surface area contributed by atoms with Gasteiger partial charge < -0.3 is 19.9 Å². The molecule has 0 amide bonds. The molecule has 1 atom stereocenters. The number of aromatic carboxylic acids is 1. The number of hydrogen-bond acceptors (Lipinski definition) is 7. The van der Waals surface area contributed by atoms with Gasteiger partial charge in [0.2, 0.25) is 5.95 Å². The summed E-state index contributed by atoms with van der Waals surface area (Å²) < 4.78 is 10.9. The van der Waals surface area contributed by atoms with E-state index >= 15 is 0 Å². The Morgan fingerprint density at radius 1 is 1.26 bits per heavy atom. The summed E-state index contributed by atoms with van der Waals surface area (Å²) in [6.45, 7) is 2.27. The highest BCUT2D eigenvalue weighted by Gasteiger charge is 2.14. The van der Waals surface area contributed by atoms with Crippen molar-refractivity contribution in [3.05, 3.63) is 36.2 Å². The Morgan fingerprint density at radius 2 is 2.13 bits per heavy atom. The lowest BCUT2D eigenvalue weighted by Crippen LogP contribution is -2.34. The lowest BCUT2D eigenvalue weighted by Gasteiger charge is -2.23. The number of ether oxygens (including phenoxy) is 2. The largest absolute Gasteiger partial charge is 0.478 e. The van der Waals surface area contributed by atoms with Gasteiger partial charge in [-0.2, -0.15) is 0 Å². The van der Waals surface area contributed by atoms with Crippen LogP contribution < -0.4 is 5.32 Å². The van der Waals surface area contributed by atoms with Crippen molar-refractivity contribution in [2.45, 2.75) is 6.10 Å². The van der Waals surface area contributed by atoms with Crippen molar-refractivity contribution in [2.75, 3.05) is 31.7 Å². The van der Waals surface area contributed by atoms with E-state index in [4.69, 9.17) is 14.6 Å². The van der Waals surface area contributed by atoms with Crippen LogP contribution in [0, 0.1) is 0 Å². The fourth-order valence-corrected chi connectivity index (χ4v) is 2.15. The van der Waals surface area contributed by atoms with E-state index in [-0.39, 0.29) is 11.7 Å². The number of carboxylic acid groups (broad SMARTS) is 1. The van der Waals surface area contributed by atoms with Crippen molar-refractivity contribution in [1.29, 1.82) is 0 Å². The minimum atomic E-state index is -1.00. The fourth-order valence-electron chi connectivity index (χ4n) is 2.15. The zero-order chi connectivity index (χ0) is 16.1. The standard InChI is InChI=1S/C15H16N4O4/c20-14(21)10-1-3-16-13(7-10)12-2-4-17-15(19-12)18-8-11-9-22-5-6-23-11/h1-4,7,11H,5-6,8-9H2,(H,20,21)(H,17,18,19)/t11-/m1/s1. The lowest BCUT2D eigenvalue weighted by atomic mass is 10.2. The predicted molar refractivity (Wildman–Crippen MR) is 81.3 cm³/mol. The van der Waals surface area contributed by atoms with Gasteiger partial charge in [0.05, 0.1) is 42.9 Å². The maximum Gasteiger partial charge on any atom is 0.335 e. The molecule has 0 aliphatic carbocycles. The Hall–Kier alpha value is -2.58. The second-order valence-electron chi connectivity index (χ2n) is 4.95. The summed E-state index contributed by atoms with van der Waals surface area (Å²) in [5.41, 5.74) is 1.19. The van der Waals surface area contributed by atoms with Crippen LogP contribution in [0.15, 0.2) is 30.6 Å². The minimum absolute atomic E-state index is 0.0375. The number of carboxylic acids is 1. The number of rotatable bonds is 5. The van der Waals surface area contributed by atoms with Crippen LogP contribution in [0.5, 0.6) is 0 Å². The molecule has 2 aromatic rings. The monoisotopic (exact) mass is 316 g/mol. The van der Waals surface area contributed by atoms with Gasteiger partial charge in [-0.25, -0.2) is 14.8 Å². The number of carbonyl (C=O) groups is 1. The van der Waals surface area contributed by atoms with Crippen LogP contribution in [-0.4, -0.2) is 58.5 Å². The van der Waals surface area contributed by atoms with Gasteiger partial charge in [0.25, 0.3) is 0 Å². The predicted octanol–water partition coefficient (Wildman–Crippen LogP) is 1.06. The van der Waals surface area contributed by atoms with E-state index in [1.165, 1.54) is 18.3 Å². The molecule has 1 aliphatic heterocycles. The molecule has 120 valence electrons. The summed E-state index contributed by atoms with van der Waals surface area (Å²) in [6, 6.07) is 4.60. The van der Waals surface area contributed by atoms with Crippen LogP contribution in [0.3, 0.4) is 0 Å². The minimum Gasteiger partial charge on any atom is -0.478 e. The van der Waals surface area contributed by atoms with Crippen LogP contribution in [0.25, 0.3) is 11.4 Å². The van der Waals surface area contributed by atoms with Gasteiger partial charge in [-0.1, -0.05) is 0 Å². The molecule has 8 nitrogen and oxygen atoms in total. The molecule has 0 aromatic carbocycles. The summed E-state index contributed by atoms with van der Waals surface area (Å²) in [4.78, 5) is 23.7. The molecule has 1 saturated heterocycles. The molecule has 3 rings (SSSR count). The van der Waals surface area contributed by atoms with Gasteiger partial charge in [0.1, 0.15) is 0 Å². The second kappa shape index (κ2) is 7.12. The molecule has 0 radical (unpaired) electrons. The first-order chi connectivity index (χ1) is 11.2. The summed E-state index contributed by atoms with van der Waals surface area (Å²) in [5.74, 6) is -0.574. The Kier molecular flexibility index (Phi) is 4.74. The highest BCUT2D eigenvalue weighted by molar-refractivity contribution is 5.88. The van der Waals surface area contributed by atoms with E-state index in [0.29, 0.717) is 43.7 Å². The molecule has 8 heteroatoms. The van der Waals surface area contributed by atoms with Crippen LogP contribution in [0.2, 0.25) is 0 Å². The molecule has 0 spiro atoms. The summed E-state index contributed by atoms with van der Waals surface area (Å²) >= 11 is 0. The number of hydrogen-bond donors (Lipinski definition) is 2. The van der Waals surface area contributed by atoms with Crippen LogP contribution >= 0.6 is 0 Å². The number of nitrogens with zero attached hydrogens (tertiary/aromatic N) is 3. The quantitative estimate of drug-likeness (QED) is 0.843. The highest BCUT2D eigenvalue weighted by Crippen LogP contribution is 2.16. The molecule has 1 aliphatic rings. The first-order valence-corrected chi connectivity index (χ1v) is 7.18. The third kappa shape index (κ3) is 3.99. The zero-order valence-electron chi connectivity index (χ0n) is 12.3. The Bertz CT molecular complexity index is 689. The number of aromatic nitrogens is 3. The molecule has 3 heterocycles. The first kappa shape index (κ1) is 15.3. The van der Waals surface area contributed by atoms with Gasteiger partial charge in [-0.15, -0.1) is 0 Å². The molecular formula is C15H16N4O4. The SMILES string of the molecule is O=C(O)c1ccnc(-c2ccnc(NC[C@@H]3COCCO3)n2)c1. The number of anilines is 1. The van der Waals surface area contributed by atoms with Gasteiger partial charge in [0, 0.05) is 18.9 Å². The second-order valence-corrected chi connectivity index (χ2v) is 4.95. The van der Waals surface area contributed by atoms with E-state index in [9.17, 15) is 4.79 Å². The normalized spacial score (nSPS) is 17.7. The first-order valence-electron chi connectivity index (χ1n) is 7.18. The van der Waals surface area contributed by atoms with Crippen LogP contribution in [0.1, 0.15) is 10.4 Å². The molecule has 0 saturated carbocycles. The lowest BCUT2D eigenvalue weighted by molar-refractivity contribution is -0.0819. The Morgan fingerprint density at radius 3 is 2.91 bits per heavy atom. The van der Waals surface area contributed by atoms with E-state index < -0.39 is 5.97 Å². The smallest absolute Gasteiger partial charge is 0.335 e. The molecule has 2 aromatic heterocycles. The molecule has 23 heavy (non-hydrogen) atoms. The third-order valence-electron chi connectivity index (χ3n) is 3.30. The molecule has 0 unspecified atom stereocenters. The maximum absolute atomic E-state index is 11.0. The van der Waals surface area contributed by atoms with Crippen molar-refractivity contribution in [1.82, 2.24) is 15.0 Å². The highest BCUT2D eigenvalue weighted by atomic mass is 16.6. The van der Waals surface area contributed by atoms with Gasteiger partial charge in [-0.05, 0) is 18.2 Å². The van der Waals surface area contributed by atoms with Crippen molar-refractivity contribution in [3.63, 3.8) is 0 Å². The molecule has 1 fully saturated rings. The summed E-state index contributed by atoms with van der Waals surface area (Å²) in [5, 5.41) is 12.1. The van der Waals surface area contributed by atoms with Crippen molar-refractivity contribution in [2.24, 2.45) is 0 Å². The number of pyridine rings is 1. The Labute approximate surface area is 132 Å². The van der Waals surface area contributed by atoms with E-state index in [1.54, 1.807) is 12.3 Å². The topological polar surface area (TPSA) is 106 Å². The van der Waals surface area contributed by atoms with E-state index in [1.807, 2.05) is 0 Å². The van der Waals surface area contributed by atoms with Crippen LogP contribution in [0.4, 0.5) is 5.95 Å². The Balaban J connectivity index is 1.71. The van der Waals surface area contributed by atoms with Gasteiger partial charge in [-0.3, -0.25) is 4.98 Å². The summed E-state index contributed by atoms with van der Waals surface area (Å²) in [6.07, 6.45) is 3.00. The average molecular weight is 316 g/mol. The molecular weight excluding hydrogens is 300 g/mol. The van der Waals surface area contributed by atoms with E-state index in [2.05, 4.69) is 20.3 Å².